The average molecular weight is 267 g/mol. The van der Waals surface area contributed by atoms with Gasteiger partial charge in [-0.2, -0.15) is 8.42 Å². The van der Waals surface area contributed by atoms with E-state index in [2.05, 4.69) is 14.2 Å². The topological polar surface area (TPSA) is 119 Å². The van der Waals surface area contributed by atoms with E-state index in [0.29, 0.717) is 0 Å². The zero-order valence-electron chi connectivity index (χ0n) is 9.37. The minimum Gasteiger partial charge on any atom is -0.476 e. The summed E-state index contributed by atoms with van der Waals surface area (Å²) < 4.78 is 26.1. The molecule has 0 unspecified atom stereocenters. The highest BCUT2D eigenvalue weighted by Gasteiger charge is 2.23. The molecule has 0 aromatic rings. The maximum Gasteiger partial charge on any atom is 0.361 e. The van der Waals surface area contributed by atoms with Crippen molar-refractivity contribution in [3.05, 3.63) is 0 Å². The van der Waals surface area contributed by atoms with Crippen LogP contribution >= 0.6 is 0 Å². The van der Waals surface area contributed by atoms with Gasteiger partial charge < -0.3 is 9.94 Å². The predicted molar refractivity (Wildman–Crippen MR) is 57.1 cm³/mol. The van der Waals surface area contributed by atoms with Gasteiger partial charge in [0.1, 0.15) is 13.2 Å². The van der Waals surface area contributed by atoms with Crippen molar-refractivity contribution >= 4 is 27.6 Å². The summed E-state index contributed by atoms with van der Waals surface area (Å²) in [5, 5.41) is 11.7. The smallest absolute Gasteiger partial charge is 0.361 e. The molecule has 0 atom stereocenters. The zero-order chi connectivity index (χ0) is 13.5. The van der Waals surface area contributed by atoms with Gasteiger partial charge in [-0.3, -0.25) is 8.98 Å². The first-order chi connectivity index (χ1) is 7.84. The van der Waals surface area contributed by atoms with E-state index >= 15 is 0 Å². The first-order valence-electron chi connectivity index (χ1n) is 4.67. The fourth-order valence-electron chi connectivity index (χ4n) is 0.633. The second kappa shape index (κ2) is 6.97. The number of carboxylic acid groups (broad SMARTS) is 1. The molecule has 8 nitrogen and oxygen atoms in total. The van der Waals surface area contributed by atoms with Gasteiger partial charge in [0.15, 0.2) is 0 Å². The van der Waals surface area contributed by atoms with Crippen LogP contribution in [0, 0.1) is 0 Å². The van der Waals surface area contributed by atoms with Gasteiger partial charge in [0, 0.05) is 0 Å². The number of nitrogens with zero attached hydrogens (tertiary/aromatic N) is 1. The van der Waals surface area contributed by atoms with Crippen LogP contribution in [0.1, 0.15) is 13.8 Å². The van der Waals surface area contributed by atoms with Gasteiger partial charge in [0.25, 0.3) is 10.1 Å². The summed E-state index contributed by atoms with van der Waals surface area (Å²) in [4.78, 5) is 26.3. The third kappa shape index (κ3) is 5.97. The Morgan fingerprint density at radius 3 is 2.29 bits per heavy atom. The lowest BCUT2D eigenvalue weighted by atomic mass is 10.2. The Labute approximate surface area is 98.3 Å². The lowest BCUT2D eigenvalue weighted by Crippen LogP contribution is -2.29. The highest BCUT2D eigenvalue weighted by molar-refractivity contribution is 7.86. The summed E-state index contributed by atoms with van der Waals surface area (Å²) in [6, 6.07) is 0. The summed E-state index contributed by atoms with van der Waals surface area (Å²) in [5.74, 6) is -3.01. The number of hydrogen-bond acceptors (Lipinski definition) is 7. The molecule has 1 N–H and O–H groups in total. The van der Waals surface area contributed by atoms with Crippen LogP contribution in [0.25, 0.3) is 0 Å². The zero-order valence-corrected chi connectivity index (χ0v) is 10.2. The van der Waals surface area contributed by atoms with Crippen LogP contribution in [0.15, 0.2) is 5.16 Å². The molecular weight excluding hydrogens is 254 g/mol. The van der Waals surface area contributed by atoms with Crippen molar-refractivity contribution in [1.29, 1.82) is 0 Å². The highest BCUT2D eigenvalue weighted by atomic mass is 32.2. The second-order valence-electron chi connectivity index (χ2n) is 2.69. The maximum absolute atomic E-state index is 11.3. The van der Waals surface area contributed by atoms with Gasteiger partial charge in [-0.15, -0.1) is 0 Å². The van der Waals surface area contributed by atoms with Crippen molar-refractivity contribution < 1.29 is 32.1 Å². The van der Waals surface area contributed by atoms with E-state index in [1.54, 1.807) is 6.92 Å². The van der Waals surface area contributed by atoms with Crippen molar-refractivity contribution in [2.24, 2.45) is 5.16 Å². The van der Waals surface area contributed by atoms with Gasteiger partial charge >= 0.3 is 5.97 Å². The van der Waals surface area contributed by atoms with Crippen LogP contribution < -0.4 is 0 Å². The van der Waals surface area contributed by atoms with Gasteiger partial charge in [0.05, 0.1) is 5.75 Å². The number of rotatable bonds is 8. The molecule has 0 aliphatic heterocycles. The first-order valence-corrected chi connectivity index (χ1v) is 6.25. The molecule has 98 valence electrons. The third-order valence-corrected chi connectivity index (χ3v) is 2.66. The molecule has 0 amide bonds. The van der Waals surface area contributed by atoms with Gasteiger partial charge in [-0.25, -0.2) is 4.79 Å². The van der Waals surface area contributed by atoms with Crippen molar-refractivity contribution in [3.63, 3.8) is 0 Å². The minimum atomic E-state index is -3.80. The molecule has 0 aromatic heterocycles. The van der Waals surface area contributed by atoms with Crippen LogP contribution in [0.2, 0.25) is 0 Å². The monoisotopic (exact) mass is 267 g/mol. The van der Waals surface area contributed by atoms with Crippen LogP contribution in [0.3, 0.4) is 0 Å². The maximum atomic E-state index is 11.3. The van der Waals surface area contributed by atoms with Crippen molar-refractivity contribution in [2.75, 3.05) is 19.0 Å². The number of ketones is 1. The van der Waals surface area contributed by atoms with E-state index in [-0.39, 0.29) is 12.4 Å². The van der Waals surface area contributed by atoms with E-state index in [4.69, 9.17) is 5.11 Å². The quantitative estimate of drug-likeness (QED) is 0.270. The van der Waals surface area contributed by atoms with Gasteiger partial charge in [-0.05, 0) is 13.8 Å². The normalized spacial score (nSPS) is 12.2. The molecule has 0 saturated carbocycles. The molecule has 0 bridgehead atoms. The summed E-state index contributed by atoms with van der Waals surface area (Å²) in [6.45, 7) is 2.05. The van der Waals surface area contributed by atoms with E-state index in [1.165, 1.54) is 6.92 Å². The van der Waals surface area contributed by atoms with Gasteiger partial charge in [0.2, 0.25) is 11.5 Å². The second-order valence-corrected chi connectivity index (χ2v) is 4.62. The van der Waals surface area contributed by atoms with Crippen molar-refractivity contribution in [2.45, 2.75) is 13.8 Å². The number of carboxylic acids is 1. The third-order valence-electron chi connectivity index (χ3n) is 1.47. The number of carbonyl (C=O) groups excluding carboxylic acids is 1. The summed E-state index contributed by atoms with van der Waals surface area (Å²) in [5.41, 5.74) is -0.904. The van der Waals surface area contributed by atoms with E-state index < -0.39 is 34.2 Å². The number of Topliss-reactive ketones (excluding diaryl/α,β-unsaturated/α-hetero) is 1. The molecule has 0 saturated heterocycles. The van der Waals surface area contributed by atoms with E-state index in [1.807, 2.05) is 0 Å². The SMILES string of the molecule is CCO/N=C(/C(=O)O)C(=O)COS(=O)(=O)CC. The Hall–Kier alpha value is -1.48. The van der Waals surface area contributed by atoms with E-state index in [9.17, 15) is 18.0 Å². The Morgan fingerprint density at radius 2 is 1.88 bits per heavy atom. The highest BCUT2D eigenvalue weighted by Crippen LogP contribution is 1.95. The van der Waals surface area contributed by atoms with Crippen molar-refractivity contribution in [1.82, 2.24) is 0 Å². The molecular formula is C8H13NO7S. The Balaban J connectivity index is 4.61. The fraction of sp³-hybridized carbons (Fsp3) is 0.625. The summed E-state index contributed by atoms with van der Waals surface area (Å²) in [7, 11) is -3.80. The molecule has 0 spiro atoms. The molecule has 9 heteroatoms. The van der Waals surface area contributed by atoms with Gasteiger partial charge in [-0.1, -0.05) is 5.16 Å². The van der Waals surface area contributed by atoms with E-state index in [0.717, 1.165) is 0 Å². The summed E-state index contributed by atoms with van der Waals surface area (Å²) >= 11 is 0. The number of oxime groups is 1. The molecule has 0 fully saturated rings. The summed E-state index contributed by atoms with van der Waals surface area (Å²) in [6.07, 6.45) is 0. The number of carbonyl (C=O) groups is 2. The molecule has 0 rings (SSSR count). The van der Waals surface area contributed by atoms with Crippen LogP contribution in [-0.2, 0) is 28.7 Å². The fourth-order valence-corrected chi connectivity index (χ4v) is 1.09. The lowest BCUT2D eigenvalue weighted by Gasteiger charge is -2.02. The molecule has 0 aromatic carbocycles. The van der Waals surface area contributed by atoms with Crippen LogP contribution in [0.5, 0.6) is 0 Å². The molecule has 0 aliphatic carbocycles. The minimum absolute atomic E-state index is 0.0815. The number of aliphatic carboxylic acids is 1. The van der Waals surface area contributed by atoms with Crippen LogP contribution in [-0.4, -0.2) is 50.0 Å². The Bertz CT molecular complexity index is 412. The predicted octanol–water partition coefficient (Wildman–Crippen LogP) is -0.601. The molecule has 0 aliphatic rings. The molecule has 0 radical (unpaired) electrons. The average Bonchev–Trinajstić information content (AvgIpc) is 2.26. The molecule has 17 heavy (non-hydrogen) atoms. The van der Waals surface area contributed by atoms with Crippen LogP contribution in [0.4, 0.5) is 0 Å². The Kier molecular flexibility index (Phi) is 6.36. The Morgan fingerprint density at radius 1 is 1.29 bits per heavy atom. The largest absolute Gasteiger partial charge is 0.476 e. The van der Waals surface area contributed by atoms with Crippen molar-refractivity contribution in [3.8, 4) is 0 Å². The number of hydrogen-bond donors (Lipinski definition) is 1. The molecule has 0 heterocycles. The first kappa shape index (κ1) is 15.5. The standard InChI is InChI=1S/C8H13NO7S/c1-3-15-9-7(8(11)12)6(10)5-16-17(13,14)4-2/h3-5H2,1-2H3,(H,11,12)/b9-7+. The lowest BCUT2D eigenvalue weighted by molar-refractivity contribution is -0.130.